The van der Waals surface area contributed by atoms with E-state index in [1.165, 1.54) is 6.42 Å². The molecule has 0 N–H and O–H groups in total. The summed E-state index contributed by atoms with van der Waals surface area (Å²) in [6.45, 7) is 5.63. The van der Waals surface area contributed by atoms with Crippen molar-refractivity contribution in [3.8, 4) is 0 Å². The SMILES string of the molecule is CCCCOCCCC(=O)CC. The van der Waals surface area contributed by atoms with Crippen LogP contribution in [0.3, 0.4) is 0 Å². The molecule has 0 atom stereocenters. The Hall–Kier alpha value is -0.370. The van der Waals surface area contributed by atoms with Gasteiger partial charge in [-0.05, 0) is 12.8 Å². The van der Waals surface area contributed by atoms with Gasteiger partial charge in [-0.15, -0.1) is 0 Å². The molecule has 0 fully saturated rings. The highest BCUT2D eigenvalue weighted by atomic mass is 16.5. The van der Waals surface area contributed by atoms with Crippen molar-refractivity contribution in [2.45, 2.75) is 46.0 Å². The van der Waals surface area contributed by atoms with Crippen molar-refractivity contribution in [3.63, 3.8) is 0 Å². The number of Topliss-reactive ketones (excluding diaryl/α,β-unsaturated/α-hetero) is 1. The van der Waals surface area contributed by atoms with Crippen molar-refractivity contribution >= 4 is 5.78 Å². The van der Waals surface area contributed by atoms with E-state index in [-0.39, 0.29) is 0 Å². The average molecular weight is 172 g/mol. The molecule has 0 spiro atoms. The van der Waals surface area contributed by atoms with Gasteiger partial charge in [0, 0.05) is 26.1 Å². The zero-order valence-corrected chi connectivity index (χ0v) is 8.27. The summed E-state index contributed by atoms with van der Waals surface area (Å²) in [6, 6.07) is 0. The summed E-state index contributed by atoms with van der Waals surface area (Å²) >= 11 is 0. The second-order valence-electron chi connectivity index (χ2n) is 2.96. The van der Waals surface area contributed by atoms with Crippen LogP contribution in [0.15, 0.2) is 0 Å². The highest BCUT2D eigenvalue weighted by Crippen LogP contribution is 1.96. The maximum atomic E-state index is 10.8. The standard InChI is InChI=1S/C10H20O2/c1-3-5-8-12-9-6-7-10(11)4-2/h3-9H2,1-2H3. The van der Waals surface area contributed by atoms with Crippen molar-refractivity contribution in [1.82, 2.24) is 0 Å². The lowest BCUT2D eigenvalue weighted by atomic mass is 10.2. The van der Waals surface area contributed by atoms with Gasteiger partial charge in [-0.1, -0.05) is 20.3 Å². The Bertz CT molecular complexity index is 110. The van der Waals surface area contributed by atoms with Crippen LogP contribution in [0.4, 0.5) is 0 Å². The van der Waals surface area contributed by atoms with Gasteiger partial charge in [0.1, 0.15) is 5.78 Å². The second kappa shape index (κ2) is 8.72. The molecule has 0 saturated carbocycles. The molecule has 12 heavy (non-hydrogen) atoms. The van der Waals surface area contributed by atoms with Crippen LogP contribution in [0.2, 0.25) is 0 Å². The molecule has 2 nitrogen and oxygen atoms in total. The number of hydrogen-bond acceptors (Lipinski definition) is 2. The molecule has 0 aliphatic carbocycles. The van der Waals surface area contributed by atoms with E-state index in [4.69, 9.17) is 4.74 Å². The number of ketones is 1. The van der Waals surface area contributed by atoms with Crippen LogP contribution < -0.4 is 0 Å². The topological polar surface area (TPSA) is 26.3 Å². The van der Waals surface area contributed by atoms with E-state index in [0.717, 1.165) is 26.1 Å². The average Bonchev–Trinajstić information content (AvgIpc) is 2.10. The number of ether oxygens (including phenoxy) is 1. The first-order valence-electron chi connectivity index (χ1n) is 4.90. The molecule has 72 valence electrons. The lowest BCUT2D eigenvalue weighted by Gasteiger charge is -2.01. The summed E-state index contributed by atoms with van der Waals surface area (Å²) in [4.78, 5) is 10.8. The summed E-state index contributed by atoms with van der Waals surface area (Å²) in [5.74, 6) is 0.342. The van der Waals surface area contributed by atoms with Gasteiger partial charge in [0.25, 0.3) is 0 Å². The third-order valence-electron chi connectivity index (χ3n) is 1.78. The molecule has 0 heterocycles. The summed E-state index contributed by atoms with van der Waals surface area (Å²) in [7, 11) is 0. The van der Waals surface area contributed by atoms with Gasteiger partial charge in [0.05, 0.1) is 0 Å². The van der Waals surface area contributed by atoms with Crippen molar-refractivity contribution in [2.24, 2.45) is 0 Å². The first kappa shape index (κ1) is 11.6. The lowest BCUT2D eigenvalue weighted by molar-refractivity contribution is -0.119. The van der Waals surface area contributed by atoms with Gasteiger partial charge in [0.2, 0.25) is 0 Å². The van der Waals surface area contributed by atoms with E-state index in [9.17, 15) is 4.79 Å². The second-order valence-corrected chi connectivity index (χ2v) is 2.96. The van der Waals surface area contributed by atoms with Crippen LogP contribution in [0.1, 0.15) is 46.0 Å². The van der Waals surface area contributed by atoms with E-state index in [2.05, 4.69) is 6.92 Å². The van der Waals surface area contributed by atoms with E-state index in [1.807, 2.05) is 6.92 Å². The van der Waals surface area contributed by atoms with Crippen LogP contribution in [0.25, 0.3) is 0 Å². The molecule has 0 aliphatic rings. The van der Waals surface area contributed by atoms with Crippen molar-refractivity contribution in [3.05, 3.63) is 0 Å². The molecule has 0 aliphatic heterocycles. The Kier molecular flexibility index (Phi) is 8.46. The minimum absolute atomic E-state index is 0.342. The predicted molar refractivity (Wildman–Crippen MR) is 50.3 cm³/mol. The number of carbonyl (C=O) groups excluding carboxylic acids is 1. The molecule has 0 aromatic rings. The zero-order valence-electron chi connectivity index (χ0n) is 8.27. The van der Waals surface area contributed by atoms with Crippen molar-refractivity contribution in [1.29, 1.82) is 0 Å². The minimum atomic E-state index is 0.342. The van der Waals surface area contributed by atoms with Crippen LogP contribution in [-0.2, 0) is 9.53 Å². The summed E-state index contributed by atoms with van der Waals surface area (Å²) in [5.41, 5.74) is 0. The highest BCUT2D eigenvalue weighted by Gasteiger charge is 1.96. The molecule has 2 heteroatoms. The van der Waals surface area contributed by atoms with Crippen LogP contribution in [0.5, 0.6) is 0 Å². The largest absolute Gasteiger partial charge is 0.381 e. The van der Waals surface area contributed by atoms with Crippen molar-refractivity contribution < 1.29 is 9.53 Å². The van der Waals surface area contributed by atoms with Crippen LogP contribution in [-0.4, -0.2) is 19.0 Å². The Morgan fingerprint density at radius 2 is 1.83 bits per heavy atom. The number of hydrogen-bond donors (Lipinski definition) is 0. The molecule has 0 radical (unpaired) electrons. The summed E-state index contributed by atoms with van der Waals surface area (Å²) in [5, 5.41) is 0. The Balaban J connectivity index is 2.95. The van der Waals surface area contributed by atoms with E-state index in [1.54, 1.807) is 0 Å². The fraction of sp³-hybridized carbons (Fsp3) is 0.900. The maximum absolute atomic E-state index is 10.8. The Labute approximate surface area is 75.3 Å². The molecule has 0 unspecified atom stereocenters. The summed E-state index contributed by atoms with van der Waals surface area (Å²) in [6.07, 6.45) is 4.53. The zero-order chi connectivity index (χ0) is 9.23. The quantitative estimate of drug-likeness (QED) is 0.526. The van der Waals surface area contributed by atoms with E-state index < -0.39 is 0 Å². The molecule has 0 aromatic carbocycles. The Morgan fingerprint density at radius 1 is 1.17 bits per heavy atom. The number of unbranched alkanes of at least 4 members (excludes halogenated alkanes) is 1. The van der Waals surface area contributed by atoms with Gasteiger partial charge < -0.3 is 4.74 Å². The molecule has 0 bridgehead atoms. The Morgan fingerprint density at radius 3 is 2.42 bits per heavy atom. The molecule has 0 aromatic heterocycles. The van der Waals surface area contributed by atoms with Gasteiger partial charge in [-0.2, -0.15) is 0 Å². The highest BCUT2D eigenvalue weighted by molar-refractivity contribution is 5.77. The maximum Gasteiger partial charge on any atom is 0.132 e. The fourth-order valence-corrected chi connectivity index (χ4v) is 0.897. The summed E-state index contributed by atoms with van der Waals surface area (Å²) < 4.78 is 5.32. The molecular weight excluding hydrogens is 152 g/mol. The van der Waals surface area contributed by atoms with Gasteiger partial charge in [-0.25, -0.2) is 0 Å². The number of rotatable bonds is 8. The minimum Gasteiger partial charge on any atom is -0.381 e. The van der Waals surface area contributed by atoms with Crippen LogP contribution >= 0.6 is 0 Å². The van der Waals surface area contributed by atoms with E-state index >= 15 is 0 Å². The first-order valence-corrected chi connectivity index (χ1v) is 4.90. The number of carbonyl (C=O) groups is 1. The fourth-order valence-electron chi connectivity index (χ4n) is 0.897. The normalized spacial score (nSPS) is 10.2. The third-order valence-corrected chi connectivity index (χ3v) is 1.78. The molecular formula is C10H20O2. The van der Waals surface area contributed by atoms with Crippen LogP contribution in [0, 0.1) is 0 Å². The lowest BCUT2D eigenvalue weighted by Crippen LogP contribution is -2.01. The van der Waals surface area contributed by atoms with Gasteiger partial charge in [0.15, 0.2) is 0 Å². The van der Waals surface area contributed by atoms with Gasteiger partial charge in [-0.3, -0.25) is 4.79 Å². The monoisotopic (exact) mass is 172 g/mol. The van der Waals surface area contributed by atoms with Crippen molar-refractivity contribution in [2.75, 3.05) is 13.2 Å². The van der Waals surface area contributed by atoms with E-state index in [0.29, 0.717) is 18.6 Å². The molecule has 0 saturated heterocycles. The predicted octanol–water partition coefficient (Wildman–Crippen LogP) is 2.56. The third kappa shape index (κ3) is 7.73. The molecule has 0 rings (SSSR count). The smallest absolute Gasteiger partial charge is 0.132 e. The molecule has 0 amide bonds. The van der Waals surface area contributed by atoms with Gasteiger partial charge >= 0.3 is 0 Å². The first-order chi connectivity index (χ1) is 5.81.